The van der Waals surface area contributed by atoms with Gasteiger partial charge in [0.2, 0.25) is 10.0 Å². The Morgan fingerprint density at radius 1 is 1.09 bits per heavy atom. The number of halogens is 3. The van der Waals surface area contributed by atoms with E-state index in [1.807, 2.05) is 34.7 Å². The van der Waals surface area contributed by atoms with E-state index >= 15 is 4.39 Å². The Labute approximate surface area is 264 Å². The van der Waals surface area contributed by atoms with Crippen LogP contribution in [0.1, 0.15) is 44.1 Å². The van der Waals surface area contributed by atoms with Gasteiger partial charge in [-0.05, 0) is 50.5 Å². The van der Waals surface area contributed by atoms with Crippen LogP contribution in [0.15, 0.2) is 42.9 Å². The molecule has 10 nitrogen and oxygen atoms in total. The third-order valence-corrected chi connectivity index (χ3v) is 10.5. The Morgan fingerprint density at radius 2 is 1.84 bits per heavy atom. The second kappa shape index (κ2) is 11.1. The lowest BCUT2D eigenvalue weighted by atomic mass is 9.74. The first-order chi connectivity index (χ1) is 21.0. The number of benzene rings is 1. The van der Waals surface area contributed by atoms with Crippen molar-refractivity contribution >= 4 is 49.9 Å². The van der Waals surface area contributed by atoms with Gasteiger partial charge in [-0.3, -0.25) is 4.98 Å². The Hall–Kier alpha value is -3.03. The van der Waals surface area contributed by atoms with E-state index in [1.54, 1.807) is 6.20 Å². The highest BCUT2D eigenvalue weighted by atomic mass is 35.5. The number of ether oxygens (including phenoxy) is 2. The summed E-state index contributed by atoms with van der Waals surface area (Å²) in [6.45, 7) is 4.54. The summed E-state index contributed by atoms with van der Waals surface area (Å²) in [4.78, 5) is 10.4. The minimum Gasteiger partial charge on any atom is -0.486 e. The standard InChI is InChI=1S/C30H31Cl2FN6O4S/c1-18(27-22(31)12-34-13-23(27)32)43-20-6-7-25-21(10-20)28(36-39(25)26-5-3-4-8-42-26)19-9-24(33)29(35-11-19)37-14-30(15-37)16-38(17-30)44(2,40)41/h6-7,9-13,18,26H,3-5,8,14-17H2,1-2H3/t18-,26?/m1/s1. The maximum Gasteiger partial charge on any atom is 0.211 e. The summed E-state index contributed by atoms with van der Waals surface area (Å²) in [5.41, 5.74) is 2.42. The SMILES string of the molecule is C[C@@H](Oc1ccc2c(c1)c(-c1cnc(N3CC4(C3)CN(S(C)(=O)=O)C4)c(F)c1)nn2C1CCCCO1)c1c(Cl)cncc1Cl. The number of anilines is 1. The normalized spacial score (nSPS) is 20.8. The van der Waals surface area contributed by atoms with Crippen molar-refractivity contribution < 1.29 is 22.3 Å². The molecule has 3 aromatic heterocycles. The van der Waals surface area contributed by atoms with Crippen LogP contribution in [-0.4, -0.2) is 71.5 Å². The predicted molar refractivity (Wildman–Crippen MR) is 166 cm³/mol. The van der Waals surface area contributed by atoms with E-state index in [4.69, 9.17) is 37.8 Å². The number of hydrogen-bond acceptors (Lipinski definition) is 8. The van der Waals surface area contributed by atoms with Gasteiger partial charge < -0.3 is 14.4 Å². The average Bonchev–Trinajstić information content (AvgIpc) is 3.31. The molecule has 3 fully saturated rings. The highest BCUT2D eigenvalue weighted by Gasteiger charge is 2.55. The summed E-state index contributed by atoms with van der Waals surface area (Å²) in [5, 5.41) is 6.51. The first kappa shape index (κ1) is 29.7. The lowest BCUT2D eigenvalue weighted by Crippen LogP contribution is -2.73. The molecule has 1 spiro atoms. The van der Waals surface area contributed by atoms with Gasteiger partial charge in [0.1, 0.15) is 17.5 Å². The van der Waals surface area contributed by atoms with Crippen LogP contribution in [0.5, 0.6) is 5.75 Å². The Bertz CT molecular complexity index is 1830. The Kier molecular flexibility index (Phi) is 7.48. The van der Waals surface area contributed by atoms with Crippen LogP contribution >= 0.6 is 23.2 Å². The second-order valence-corrected chi connectivity index (χ2v) is 14.8. The summed E-state index contributed by atoms with van der Waals surface area (Å²) < 4.78 is 54.8. The molecule has 1 aromatic carbocycles. The fraction of sp³-hybridized carbons (Fsp3) is 0.433. The van der Waals surface area contributed by atoms with Crippen molar-refractivity contribution in [1.29, 1.82) is 0 Å². The number of nitrogens with zero attached hydrogens (tertiary/aromatic N) is 6. The zero-order valence-electron chi connectivity index (χ0n) is 24.2. The van der Waals surface area contributed by atoms with Gasteiger partial charge >= 0.3 is 0 Å². The molecule has 14 heteroatoms. The topological polar surface area (TPSA) is 103 Å². The smallest absolute Gasteiger partial charge is 0.211 e. The van der Waals surface area contributed by atoms with E-state index in [0.29, 0.717) is 65.4 Å². The maximum atomic E-state index is 15.6. The maximum absolute atomic E-state index is 15.6. The zero-order valence-corrected chi connectivity index (χ0v) is 26.5. The molecule has 0 radical (unpaired) electrons. The molecule has 3 saturated heterocycles. The second-order valence-electron chi connectivity index (χ2n) is 12.0. The van der Waals surface area contributed by atoms with E-state index in [0.717, 1.165) is 30.2 Å². The van der Waals surface area contributed by atoms with Crippen molar-refractivity contribution in [1.82, 2.24) is 24.1 Å². The van der Waals surface area contributed by atoms with E-state index in [9.17, 15) is 8.42 Å². The molecule has 44 heavy (non-hydrogen) atoms. The van der Waals surface area contributed by atoms with Gasteiger partial charge in [-0.25, -0.2) is 26.8 Å². The lowest BCUT2D eigenvalue weighted by Gasteiger charge is -2.59. The van der Waals surface area contributed by atoms with E-state index < -0.39 is 21.9 Å². The van der Waals surface area contributed by atoms with Crippen molar-refractivity contribution in [2.75, 3.05) is 43.9 Å². The molecule has 7 rings (SSSR count). The average molecular weight is 662 g/mol. The molecule has 2 atom stereocenters. The summed E-state index contributed by atoms with van der Waals surface area (Å²) in [6.07, 6.45) is 8.05. The fourth-order valence-electron chi connectivity index (χ4n) is 6.46. The highest BCUT2D eigenvalue weighted by molar-refractivity contribution is 7.88. The van der Waals surface area contributed by atoms with Gasteiger partial charge in [0.25, 0.3) is 0 Å². The molecule has 0 amide bonds. The molecule has 232 valence electrons. The molecular weight excluding hydrogens is 630 g/mol. The predicted octanol–water partition coefficient (Wildman–Crippen LogP) is 5.86. The molecule has 4 aromatic rings. The van der Waals surface area contributed by atoms with Gasteiger partial charge in [-0.2, -0.15) is 5.10 Å². The first-order valence-corrected chi connectivity index (χ1v) is 17.1. The van der Waals surface area contributed by atoms with Crippen LogP contribution in [0.2, 0.25) is 10.0 Å². The van der Waals surface area contributed by atoms with E-state index in [-0.39, 0.29) is 17.5 Å². The van der Waals surface area contributed by atoms with Crippen LogP contribution < -0.4 is 9.64 Å². The minimum atomic E-state index is -3.21. The van der Waals surface area contributed by atoms with Crippen LogP contribution in [-0.2, 0) is 14.8 Å². The highest BCUT2D eigenvalue weighted by Crippen LogP contribution is 2.44. The monoisotopic (exact) mass is 660 g/mol. The van der Waals surface area contributed by atoms with Gasteiger partial charge in [0.15, 0.2) is 17.9 Å². The first-order valence-electron chi connectivity index (χ1n) is 14.5. The molecule has 0 saturated carbocycles. The van der Waals surface area contributed by atoms with Gasteiger partial charge in [-0.15, -0.1) is 0 Å². The van der Waals surface area contributed by atoms with Crippen molar-refractivity contribution in [3.63, 3.8) is 0 Å². The number of hydrogen-bond donors (Lipinski definition) is 0. The Morgan fingerprint density at radius 3 is 2.50 bits per heavy atom. The van der Waals surface area contributed by atoms with Crippen molar-refractivity contribution in [2.45, 2.75) is 38.5 Å². The molecule has 3 aliphatic rings. The number of pyridine rings is 2. The lowest BCUT2D eigenvalue weighted by molar-refractivity contribution is -0.0365. The van der Waals surface area contributed by atoms with Crippen molar-refractivity contribution in [2.24, 2.45) is 5.41 Å². The van der Waals surface area contributed by atoms with Crippen molar-refractivity contribution in [3.05, 3.63) is 64.3 Å². The zero-order chi connectivity index (χ0) is 30.8. The quantitative estimate of drug-likeness (QED) is 0.243. The summed E-state index contributed by atoms with van der Waals surface area (Å²) in [6, 6.07) is 7.13. The molecule has 0 N–H and O–H groups in total. The third-order valence-electron chi connectivity index (χ3n) is 8.66. The number of aromatic nitrogens is 4. The summed E-state index contributed by atoms with van der Waals surface area (Å²) in [5.74, 6) is 0.357. The molecule has 6 heterocycles. The number of rotatable bonds is 7. The minimum absolute atomic E-state index is 0.136. The van der Waals surface area contributed by atoms with Gasteiger partial charge in [0, 0.05) is 73.3 Å². The molecule has 1 unspecified atom stereocenters. The van der Waals surface area contributed by atoms with Crippen LogP contribution in [0.4, 0.5) is 10.2 Å². The fourth-order valence-corrected chi connectivity index (χ4v) is 8.15. The van der Waals surface area contributed by atoms with Gasteiger partial charge in [0.05, 0.1) is 21.8 Å². The molecule has 3 aliphatic heterocycles. The molecule has 0 aliphatic carbocycles. The van der Waals surface area contributed by atoms with E-state index in [1.165, 1.54) is 29.0 Å². The van der Waals surface area contributed by atoms with Crippen LogP contribution in [0, 0.1) is 11.2 Å². The number of sulfonamides is 1. The number of fused-ring (bicyclic) bond motifs is 1. The van der Waals surface area contributed by atoms with Crippen LogP contribution in [0.25, 0.3) is 22.2 Å². The Balaban J connectivity index is 1.19. The van der Waals surface area contributed by atoms with Crippen molar-refractivity contribution in [3.8, 4) is 17.0 Å². The molecular formula is C30H31Cl2FN6O4S. The van der Waals surface area contributed by atoms with Gasteiger partial charge in [-0.1, -0.05) is 23.2 Å². The summed E-state index contributed by atoms with van der Waals surface area (Å²) in [7, 11) is -3.21. The third kappa shape index (κ3) is 5.30. The van der Waals surface area contributed by atoms with E-state index in [2.05, 4.69) is 9.97 Å². The largest absolute Gasteiger partial charge is 0.486 e. The van der Waals surface area contributed by atoms with Crippen LogP contribution in [0.3, 0.4) is 0 Å². The molecule has 0 bridgehead atoms. The summed E-state index contributed by atoms with van der Waals surface area (Å²) >= 11 is 12.7.